The van der Waals surface area contributed by atoms with E-state index in [-0.39, 0.29) is 22.1 Å². The largest absolute Gasteiger partial charge is 0.339 e. The van der Waals surface area contributed by atoms with Gasteiger partial charge in [-0.05, 0) is 43.2 Å². The number of sulfonamides is 1. The second-order valence-electron chi connectivity index (χ2n) is 5.76. The molecule has 0 bridgehead atoms. The maximum Gasteiger partial charge on any atom is 0.261 e. The first-order chi connectivity index (χ1) is 11.9. The highest BCUT2D eigenvalue weighted by molar-refractivity contribution is 7.92. The molecule has 1 saturated heterocycles. The van der Waals surface area contributed by atoms with Gasteiger partial charge in [0.25, 0.3) is 15.9 Å². The summed E-state index contributed by atoms with van der Waals surface area (Å²) >= 11 is 0. The average Bonchev–Trinajstić information content (AvgIpc) is 3.12. The number of nitrogens with one attached hydrogen (secondary N) is 1. The number of halogens is 2. The van der Waals surface area contributed by atoms with E-state index < -0.39 is 21.7 Å². The third kappa shape index (κ3) is 3.79. The van der Waals surface area contributed by atoms with Crippen molar-refractivity contribution < 1.29 is 22.0 Å². The number of carbonyl (C=O) groups excluding carboxylic acids is 1. The van der Waals surface area contributed by atoms with Crippen molar-refractivity contribution in [2.75, 3.05) is 17.8 Å². The predicted molar refractivity (Wildman–Crippen MR) is 88.7 cm³/mol. The minimum Gasteiger partial charge on any atom is -0.339 e. The Morgan fingerprint density at radius 2 is 1.72 bits per heavy atom. The lowest BCUT2D eigenvalue weighted by atomic mass is 10.2. The number of anilines is 1. The van der Waals surface area contributed by atoms with Gasteiger partial charge in [0, 0.05) is 24.7 Å². The Kier molecular flexibility index (Phi) is 4.71. The van der Waals surface area contributed by atoms with Gasteiger partial charge in [0.15, 0.2) is 11.6 Å². The molecule has 5 nitrogen and oxygen atoms in total. The molecule has 1 amide bonds. The fraction of sp³-hybridized carbons (Fsp3) is 0.235. The first-order valence-electron chi connectivity index (χ1n) is 7.74. The first kappa shape index (κ1) is 17.3. The molecule has 0 spiro atoms. The average molecular weight is 366 g/mol. The maximum atomic E-state index is 13.2. The minimum atomic E-state index is -4.03. The van der Waals surface area contributed by atoms with Crippen molar-refractivity contribution in [1.29, 1.82) is 0 Å². The minimum absolute atomic E-state index is 0.102. The van der Waals surface area contributed by atoms with Gasteiger partial charge in [-0.3, -0.25) is 9.52 Å². The molecule has 0 aliphatic carbocycles. The summed E-state index contributed by atoms with van der Waals surface area (Å²) in [6.07, 6.45) is 1.86. The number of carbonyl (C=O) groups is 1. The highest BCUT2D eigenvalue weighted by Gasteiger charge is 2.22. The smallest absolute Gasteiger partial charge is 0.261 e. The van der Waals surface area contributed by atoms with Gasteiger partial charge in [-0.2, -0.15) is 0 Å². The van der Waals surface area contributed by atoms with E-state index in [1.165, 1.54) is 18.2 Å². The van der Waals surface area contributed by atoms with E-state index in [0.717, 1.165) is 31.0 Å². The van der Waals surface area contributed by atoms with Crippen molar-refractivity contribution in [2.24, 2.45) is 0 Å². The van der Waals surface area contributed by atoms with Gasteiger partial charge in [0.05, 0.1) is 10.6 Å². The maximum absolute atomic E-state index is 13.2. The van der Waals surface area contributed by atoms with Crippen LogP contribution in [0.15, 0.2) is 47.4 Å². The van der Waals surface area contributed by atoms with Crippen molar-refractivity contribution >= 4 is 21.6 Å². The Hall–Kier alpha value is -2.48. The molecule has 1 heterocycles. The molecule has 25 heavy (non-hydrogen) atoms. The van der Waals surface area contributed by atoms with Gasteiger partial charge in [-0.15, -0.1) is 0 Å². The molecular formula is C17H16F2N2O3S. The first-order valence-corrected chi connectivity index (χ1v) is 9.22. The molecule has 0 radical (unpaired) electrons. The van der Waals surface area contributed by atoms with Crippen molar-refractivity contribution in [1.82, 2.24) is 4.90 Å². The zero-order chi connectivity index (χ0) is 18.0. The van der Waals surface area contributed by atoms with E-state index in [1.54, 1.807) is 11.0 Å². The van der Waals surface area contributed by atoms with Gasteiger partial charge in [0.2, 0.25) is 0 Å². The lowest BCUT2D eigenvalue weighted by Crippen LogP contribution is -2.27. The van der Waals surface area contributed by atoms with Gasteiger partial charge in [-0.1, -0.05) is 6.07 Å². The molecule has 132 valence electrons. The zero-order valence-electron chi connectivity index (χ0n) is 13.2. The van der Waals surface area contributed by atoms with Gasteiger partial charge in [-0.25, -0.2) is 17.2 Å². The van der Waals surface area contributed by atoms with Crippen LogP contribution in [0.25, 0.3) is 0 Å². The summed E-state index contributed by atoms with van der Waals surface area (Å²) in [6.45, 7) is 1.31. The summed E-state index contributed by atoms with van der Waals surface area (Å²) in [5.74, 6) is -2.44. The van der Waals surface area contributed by atoms with Gasteiger partial charge < -0.3 is 4.90 Å². The Labute approximate surface area is 144 Å². The molecule has 1 fully saturated rings. The van der Waals surface area contributed by atoms with Crippen molar-refractivity contribution in [3.8, 4) is 0 Å². The third-order valence-corrected chi connectivity index (χ3v) is 5.34. The Morgan fingerprint density at radius 1 is 1.00 bits per heavy atom. The predicted octanol–water partition coefficient (Wildman–Crippen LogP) is 3.00. The molecule has 0 atom stereocenters. The highest BCUT2D eigenvalue weighted by Crippen LogP contribution is 2.20. The summed E-state index contributed by atoms with van der Waals surface area (Å²) in [4.78, 5) is 13.9. The lowest BCUT2D eigenvalue weighted by molar-refractivity contribution is 0.0792. The quantitative estimate of drug-likeness (QED) is 0.905. The summed E-state index contributed by atoms with van der Waals surface area (Å²) in [7, 11) is -4.03. The molecular weight excluding hydrogens is 350 g/mol. The normalized spacial score (nSPS) is 14.6. The molecule has 2 aromatic rings. The summed E-state index contributed by atoms with van der Waals surface area (Å²) in [5.41, 5.74) is 0.172. The van der Waals surface area contributed by atoms with Crippen LogP contribution in [0.4, 0.5) is 14.5 Å². The number of hydrogen-bond acceptors (Lipinski definition) is 3. The number of rotatable bonds is 4. The molecule has 0 unspecified atom stereocenters. The SMILES string of the molecule is O=C(c1cccc(S(=O)(=O)Nc2ccc(F)c(F)c2)c1)N1CCCC1. The molecule has 2 aromatic carbocycles. The van der Waals surface area contributed by atoms with E-state index in [0.29, 0.717) is 13.1 Å². The second kappa shape index (κ2) is 6.79. The molecule has 1 N–H and O–H groups in total. The zero-order valence-corrected chi connectivity index (χ0v) is 14.0. The summed E-state index contributed by atoms with van der Waals surface area (Å²) in [6, 6.07) is 8.36. The van der Waals surface area contributed by atoms with Gasteiger partial charge >= 0.3 is 0 Å². The molecule has 0 saturated carbocycles. The van der Waals surface area contributed by atoms with Crippen LogP contribution in [0, 0.1) is 11.6 Å². The molecule has 0 aromatic heterocycles. The Bertz CT molecular complexity index is 910. The standard InChI is InChI=1S/C17H16F2N2O3S/c18-15-7-6-13(11-16(15)19)20-25(23,24)14-5-3-4-12(10-14)17(22)21-8-1-2-9-21/h3-7,10-11,20H,1-2,8-9H2. The van der Waals surface area contributed by atoms with Crippen LogP contribution < -0.4 is 4.72 Å². The number of hydrogen-bond donors (Lipinski definition) is 1. The van der Waals surface area contributed by atoms with Crippen molar-refractivity contribution in [3.63, 3.8) is 0 Å². The van der Waals surface area contributed by atoms with Gasteiger partial charge in [0.1, 0.15) is 0 Å². The van der Waals surface area contributed by atoms with Crippen LogP contribution >= 0.6 is 0 Å². The second-order valence-corrected chi connectivity index (χ2v) is 7.44. The van der Waals surface area contributed by atoms with E-state index in [4.69, 9.17) is 0 Å². The Morgan fingerprint density at radius 3 is 2.40 bits per heavy atom. The molecule has 1 aliphatic heterocycles. The van der Waals surface area contributed by atoms with Crippen LogP contribution in [0.2, 0.25) is 0 Å². The molecule has 3 rings (SSSR count). The monoisotopic (exact) mass is 366 g/mol. The van der Waals surface area contributed by atoms with Crippen LogP contribution in [-0.2, 0) is 10.0 Å². The highest BCUT2D eigenvalue weighted by atomic mass is 32.2. The van der Waals surface area contributed by atoms with E-state index in [9.17, 15) is 22.0 Å². The topological polar surface area (TPSA) is 66.5 Å². The fourth-order valence-corrected chi connectivity index (χ4v) is 3.77. The van der Waals surface area contributed by atoms with Crippen LogP contribution in [0.5, 0.6) is 0 Å². The fourth-order valence-electron chi connectivity index (χ4n) is 2.67. The van der Waals surface area contributed by atoms with E-state index in [1.807, 2.05) is 0 Å². The van der Waals surface area contributed by atoms with Crippen LogP contribution in [0.1, 0.15) is 23.2 Å². The Balaban J connectivity index is 1.85. The third-order valence-electron chi connectivity index (χ3n) is 3.96. The molecule has 8 heteroatoms. The lowest BCUT2D eigenvalue weighted by Gasteiger charge is -2.16. The molecule has 1 aliphatic rings. The van der Waals surface area contributed by atoms with Crippen molar-refractivity contribution in [3.05, 3.63) is 59.7 Å². The number of amides is 1. The summed E-state index contributed by atoms with van der Waals surface area (Å²) < 4.78 is 53.3. The summed E-state index contributed by atoms with van der Waals surface area (Å²) in [5, 5.41) is 0. The number of likely N-dealkylation sites (tertiary alicyclic amines) is 1. The number of benzene rings is 2. The van der Waals surface area contributed by atoms with Crippen LogP contribution in [0.3, 0.4) is 0 Å². The van der Waals surface area contributed by atoms with E-state index in [2.05, 4.69) is 4.72 Å². The van der Waals surface area contributed by atoms with Crippen LogP contribution in [-0.4, -0.2) is 32.3 Å². The van der Waals surface area contributed by atoms with Crippen molar-refractivity contribution in [2.45, 2.75) is 17.7 Å². The van der Waals surface area contributed by atoms with E-state index >= 15 is 0 Å². The number of nitrogens with zero attached hydrogens (tertiary/aromatic N) is 1.